The molecule has 1 atom stereocenters. The Hall–Kier alpha value is -2.41. The van der Waals surface area contributed by atoms with E-state index in [1.165, 1.54) is 0 Å². The molecule has 0 fully saturated rings. The van der Waals surface area contributed by atoms with Crippen molar-refractivity contribution in [1.29, 1.82) is 0 Å². The smallest absolute Gasteiger partial charge is 0.267 e. The Bertz CT molecular complexity index is 613. The summed E-state index contributed by atoms with van der Waals surface area (Å²) in [7, 11) is 5.52. The molecule has 0 saturated carbocycles. The minimum atomic E-state index is -0.258. The fourth-order valence-electron chi connectivity index (χ4n) is 2.44. The van der Waals surface area contributed by atoms with Gasteiger partial charge in [-0.3, -0.25) is 9.59 Å². The summed E-state index contributed by atoms with van der Waals surface area (Å²) >= 11 is 0. The van der Waals surface area contributed by atoms with Crippen LogP contribution in [0.2, 0.25) is 0 Å². The second-order valence-electron chi connectivity index (χ2n) is 5.52. The van der Waals surface area contributed by atoms with E-state index < -0.39 is 0 Å². The Kier molecular flexibility index (Phi) is 5.70. The zero-order valence-electron chi connectivity index (χ0n) is 13.6. The van der Waals surface area contributed by atoms with E-state index in [1.54, 1.807) is 7.11 Å². The Morgan fingerprint density at radius 1 is 1.39 bits per heavy atom. The molecule has 1 aromatic rings. The molecule has 0 unspecified atom stereocenters. The van der Waals surface area contributed by atoms with E-state index in [4.69, 9.17) is 4.74 Å². The molecular weight excluding hydrogens is 296 g/mol. The molecule has 0 aliphatic carbocycles. The molecular formula is C16H22N4O3. The third-order valence-electron chi connectivity index (χ3n) is 3.74. The lowest BCUT2D eigenvalue weighted by Gasteiger charge is -2.26. The molecule has 0 saturated heterocycles. The number of hydrazone groups is 1. The normalized spacial score (nSPS) is 15.7. The molecule has 124 valence electrons. The third kappa shape index (κ3) is 4.29. The summed E-state index contributed by atoms with van der Waals surface area (Å²) in [4.78, 5) is 25.3. The van der Waals surface area contributed by atoms with Crippen molar-refractivity contribution in [3.63, 3.8) is 0 Å². The highest BCUT2D eigenvalue weighted by molar-refractivity contribution is 6.39. The van der Waals surface area contributed by atoms with Crippen LogP contribution in [0.1, 0.15) is 24.4 Å². The number of nitrogens with one attached hydrogen (secondary N) is 2. The lowest BCUT2D eigenvalue weighted by atomic mass is 10.0. The van der Waals surface area contributed by atoms with Crippen LogP contribution >= 0.6 is 0 Å². The Morgan fingerprint density at radius 3 is 2.74 bits per heavy atom. The van der Waals surface area contributed by atoms with Gasteiger partial charge in [0.25, 0.3) is 5.91 Å². The maximum atomic E-state index is 12.2. The molecule has 1 aliphatic heterocycles. The van der Waals surface area contributed by atoms with E-state index in [0.29, 0.717) is 18.7 Å². The van der Waals surface area contributed by atoms with Gasteiger partial charge in [0.1, 0.15) is 11.5 Å². The minimum Gasteiger partial charge on any atom is -0.496 e. The monoisotopic (exact) mass is 318 g/mol. The molecule has 1 aliphatic rings. The average Bonchev–Trinajstić information content (AvgIpc) is 2.55. The van der Waals surface area contributed by atoms with Crippen molar-refractivity contribution in [3.05, 3.63) is 29.8 Å². The van der Waals surface area contributed by atoms with E-state index in [2.05, 4.69) is 15.8 Å². The van der Waals surface area contributed by atoms with Gasteiger partial charge in [-0.2, -0.15) is 5.10 Å². The second kappa shape index (κ2) is 7.73. The van der Waals surface area contributed by atoms with E-state index in [0.717, 1.165) is 11.3 Å². The number of nitrogens with zero attached hydrogens (tertiary/aromatic N) is 2. The van der Waals surface area contributed by atoms with Gasteiger partial charge in [-0.25, -0.2) is 5.43 Å². The molecule has 2 amide bonds. The minimum absolute atomic E-state index is 0.0334. The number of amides is 2. The highest BCUT2D eigenvalue weighted by atomic mass is 16.5. The van der Waals surface area contributed by atoms with Crippen LogP contribution < -0.4 is 15.5 Å². The second-order valence-corrected chi connectivity index (χ2v) is 5.52. The standard InChI is InChI=1S/C16H22N4O3/c1-20(2)13(11-6-4-5-7-14(11)23-3)10-17-16(22)12-8-9-15(21)19-18-12/h4-7,13H,8-10H2,1-3H3,(H,17,22)(H,19,21)/t13-/m0/s1. The van der Waals surface area contributed by atoms with Crippen LogP contribution in [0.3, 0.4) is 0 Å². The first-order valence-corrected chi connectivity index (χ1v) is 7.46. The lowest BCUT2D eigenvalue weighted by molar-refractivity contribution is -0.121. The predicted octanol–water partition coefficient (Wildman–Crippen LogP) is 0.680. The molecule has 0 aromatic heterocycles. The first-order chi connectivity index (χ1) is 11.0. The molecule has 2 rings (SSSR count). The fourth-order valence-corrected chi connectivity index (χ4v) is 2.44. The summed E-state index contributed by atoms with van der Waals surface area (Å²) < 4.78 is 5.40. The molecule has 0 radical (unpaired) electrons. The molecule has 1 heterocycles. The number of carbonyl (C=O) groups is 2. The van der Waals surface area contributed by atoms with E-state index in [-0.39, 0.29) is 24.3 Å². The average molecular weight is 318 g/mol. The largest absolute Gasteiger partial charge is 0.496 e. The number of likely N-dealkylation sites (N-methyl/N-ethyl adjacent to an activating group) is 1. The number of para-hydroxylation sites is 1. The third-order valence-corrected chi connectivity index (χ3v) is 3.74. The zero-order valence-corrected chi connectivity index (χ0v) is 13.6. The number of carbonyl (C=O) groups excluding carboxylic acids is 2. The van der Waals surface area contributed by atoms with Gasteiger partial charge < -0.3 is 15.0 Å². The van der Waals surface area contributed by atoms with Gasteiger partial charge >= 0.3 is 0 Å². The summed E-state index contributed by atoms with van der Waals surface area (Å²) in [5.41, 5.74) is 3.68. The lowest BCUT2D eigenvalue weighted by Crippen LogP contribution is -2.40. The number of methoxy groups -OCH3 is 1. The van der Waals surface area contributed by atoms with Crippen molar-refractivity contribution in [2.75, 3.05) is 27.7 Å². The fraction of sp³-hybridized carbons (Fsp3) is 0.438. The molecule has 2 N–H and O–H groups in total. The Labute approximate surface area is 135 Å². The van der Waals surface area contributed by atoms with Crippen molar-refractivity contribution >= 4 is 17.5 Å². The van der Waals surface area contributed by atoms with Gasteiger partial charge in [0.2, 0.25) is 5.91 Å². The molecule has 0 spiro atoms. The SMILES string of the molecule is COc1ccccc1[C@H](CNC(=O)C1=NNC(=O)CC1)N(C)C. The summed E-state index contributed by atoms with van der Waals surface area (Å²) in [6, 6.07) is 7.70. The van der Waals surface area contributed by atoms with E-state index >= 15 is 0 Å². The van der Waals surface area contributed by atoms with Gasteiger partial charge in [-0.1, -0.05) is 18.2 Å². The molecule has 1 aromatic carbocycles. The summed E-state index contributed by atoms with van der Waals surface area (Å²) in [6.07, 6.45) is 0.648. The van der Waals surface area contributed by atoms with Crippen LogP contribution in [0, 0.1) is 0 Å². The molecule has 7 heteroatoms. The van der Waals surface area contributed by atoms with Gasteiger partial charge in [0.05, 0.1) is 13.2 Å². The summed E-state index contributed by atoms with van der Waals surface area (Å²) in [6.45, 7) is 0.416. The quantitative estimate of drug-likeness (QED) is 0.808. The topological polar surface area (TPSA) is 83.0 Å². The number of rotatable bonds is 6. The van der Waals surface area contributed by atoms with E-state index in [1.807, 2.05) is 43.3 Å². The summed E-state index contributed by atoms with van der Waals surface area (Å²) in [5.74, 6) is 0.358. The maximum Gasteiger partial charge on any atom is 0.267 e. The first-order valence-electron chi connectivity index (χ1n) is 7.46. The Balaban J connectivity index is 2.06. The van der Waals surface area contributed by atoms with Crippen LogP contribution in [0.25, 0.3) is 0 Å². The van der Waals surface area contributed by atoms with Crippen molar-refractivity contribution in [2.24, 2.45) is 5.10 Å². The van der Waals surface area contributed by atoms with E-state index in [9.17, 15) is 9.59 Å². The highest BCUT2D eigenvalue weighted by Gasteiger charge is 2.22. The highest BCUT2D eigenvalue weighted by Crippen LogP contribution is 2.27. The van der Waals surface area contributed by atoms with Crippen LogP contribution in [-0.4, -0.2) is 50.2 Å². The Morgan fingerprint density at radius 2 is 2.13 bits per heavy atom. The van der Waals surface area contributed by atoms with Crippen LogP contribution in [0.5, 0.6) is 5.75 Å². The van der Waals surface area contributed by atoms with Gasteiger partial charge in [0.15, 0.2) is 0 Å². The van der Waals surface area contributed by atoms with Crippen molar-refractivity contribution in [1.82, 2.24) is 15.6 Å². The van der Waals surface area contributed by atoms with Gasteiger partial charge in [0, 0.05) is 24.9 Å². The van der Waals surface area contributed by atoms with Gasteiger partial charge in [-0.05, 0) is 20.2 Å². The number of hydrogen-bond acceptors (Lipinski definition) is 5. The summed E-state index contributed by atoms with van der Waals surface area (Å²) in [5, 5.41) is 6.69. The number of hydrogen-bond donors (Lipinski definition) is 2. The number of benzene rings is 1. The van der Waals surface area contributed by atoms with Crippen molar-refractivity contribution < 1.29 is 14.3 Å². The molecule has 7 nitrogen and oxygen atoms in total. The first kappa shape index (κ1) is 17.0. The van der Waals surface area contributed by atoms with Crippen LogP contribution in [0.4, 0.5) is 0 Å². The van der Waals surface area contributed by atoms with Crippen LogP contribution in [0.15, 0.2) is 29.4 Å². The predicted molar refractivity (Wildman–Crippen MR) is 87.2 cm³/mol. The van der Waals surface area contributed by atoms with Crippen molar-refractivity contribution in [2.45, 2.75) is 18.9 Å². The maximum absolute atomic E-state index is 12.2. The molecule has 23 heavy (non-hydrogen) atoms. The van der Waals surface area contributed by atoms with Crippen molar-refractivity contribution in [3.8, 4) is 5.75 Å². The zero-order chi connectivity index (χ0) is 16.8. The molecule has 0 bridgehead atoms. The van der Waals surface area contributed by atoms with Gasteiger partial charge in [-0.15, -0.1) is 0 Å². The van der Waals surface area contributed by atoms with Crippen LogP contribution in [-0.2, 0) is 9.59 Å². The number of ether oxygens (including phenoxy) is 1.